The summed E-state index contributed by atoms with van der Waals surface area (Å²) in [5.41, 5.74) is 1.66. The molecule has 25 heavy (non-hydrogen) atoms. The third-order valence-corrected chi connectivity index (χ3v) is 5.55. The van der Waals surface area contributed by atoms with Crippen molar-refractivity contribution in [3.8, 4) is 0 Å². The Balaban J connectivity index is 1.60. The van der Waals surface area contributed by atoms with Gasteiger partial charge in [-0.15, -0.1) is 0 Å². The molecule has 0 N–H and O–H groups in total. The van der Waals surface area contributed by atoms with Gasteiger partial charge in [-0.25, -0.2) is 0 Å². The summed E-state index contributed by atoms with van der Waals surface area (Å²) in [6.45, 7) is 5.17. The van der Waals surface area contributed by atoms with Crippen molar-refractivity contribution in [1.82, 2.24) is 14.7 Å². The van der Waals surface area contributed by atoms with Crippen molar-refractivity contribution in [2.75, 3.05) is 39.3 Å². The van der Waals surface area contributed by atoms with Crippen molar-refractivity contribution < 1.29 is 9.59 Å². The Labute approximate surface area is 158 Å². The van der Waals surface area contributed by atoms with Crippen LogP contribution in [-0.2, 0) is 6.54 Å². The largest absolute Gasteiger partial charge is 0.339 e. The van der Waals surface area contributed by atoms with Gasteiger partial charge in [0.25, 0.3) is 5.91 Å². The highest BCUT2D eigenvalue weighted by Gasteiger charge is 2.22. The molecule has 0 aromatic heterocycles. The van der Waals surface area contributed by atoms with Gasteiger partial charge < -0.3 is 9.80 Å². The van der Waals surface area contributed by atoms with Crippen LogP contribution in [0.1, 0.15) is 35.2 Å². The first-order chi connectivity index (χ1) is 12.0. The summed E-state index contributed by atoms with van der Waals surface area (Å²) in [5.74, 6) is 0.0717. The van der Waals surface area contributed by atoms with E-state index in [1.807, 2.05) is 17.0 Å². The van der Waals surface area contributed by atoms with Gasteiger partial charge in [0, 0.05) is 56.4 Å². The number of halogens is 2. The second-order valence-electron chi connectivity index (χ2n) is 6.68. The Morgan fingerprint density at radius 2 is 1.60 bits per heavy atom. The maximum Gasteiger partial charge on any atom is 0.316 e. The van der Waals surface area contributed by atoms with E-state index in [2.05, 4.69) is 4.90 Å². The average molecular weight is 384 g/mol. The van der Waals surface area contributed by atoms with Gasteiger partial charge in [-0.05, 0) is 48.6 Å². The minimum absolute atomic E-state index is 0.0717. The van der Waals surface area contributed by atoms with Gasteiger partial charge in [-0.3, -0.25) is 14.5 Å². The van der Waals surface area contributed by atoms with Crippen LogP contribution in [-0.4, -0.2) is 65.2 Å². The third kappa shape index (κ3) is 4.66. The first kappa shape index (κ1) is 18.5. The Hall–Kier alpha value is -1.30. The van der Waals surface area contributed by atoms with Crippen LogP contribution in [0.2, 0.25) is 5.02 Å². The zero-order chi connectivity index (χ0) is 17.8. The molecule has 0 unspecified atom stereocenters. The molecule has 2 aliphatic rings. The predicted octanol–water partition coefficient (Wildman–Crippen LogP) is 3.44. The molecule has 0 bridgehead atoms. The van der Waals surface area contributed by atoms with Crippen molar-refractivity contribution in [3.05, 3.63) is 34.3 Å². The normalized spacial score (nSPS) is 19.1. The highest BCUT2D eigenvalue weighted by atomic mass is 35.5. The van der Waals surface area contributed by atoms with E-state index in [0.717, 1.165) is 44.6 Å². The number of amides is 2. The molecule has 1 aromatic rings. The third-order valence-electron chi connectivity index (χ3n) is 4.96. The quantitative estimate of drug-likeness (QED) is 0.592. The van der Waals surface area contributed by atoms with E-state index in [0.29, 0.717) is 30.2 Å². The fraction of sp³-hybridized carbons (Fsp3) is 0.556. The van der Waals surface area contributed by atoms with Gasteiger partial charge in [0.05, 0.1) is 0 Å². The zero-order valence-corrected chi connectivity index (χ0v) is 15.7. The lowest BCUT2D eigenvalue weighted by Crippen LogP contribution is -2.46. The van der Waals surface area contributed by atoms with E-state index in [-0.39, 0.29) is 5.91 Å². The molecule has 0 atom stereocenters. The number of carbonyl (C=O) groups excluding carboxylic acids is 2. The number of carbonyl (C=O) groups is 2. The number of nitrogens with zero attached hydrogens (tertiary/aromatic N) is 3. The number of hydrogen-bond donors (Lipinski definition) is 0. The van der Waals surface area contributed by atoms with E-state index in [1.165, 1.54) is 6.42 Å². The van der Waals surface area contributed by atoms with Gasteiger partial charge in [-0.1, -0.05) is 17.7 Å². The maximum atomic E-state index is 12.6. The summed E-state index contributed by atoms with van der Waals surface area (Å²) in [7, 11) is 0. The smallest absolute Gasteiger partial charge is 0.316 e. The summed E-state index contributed by atoms with van der Waals surface area (Å²) in [6.07, 6.45) is 3.36. The van der Waals surface area contributed by atoms with Crippen LogP contribution in [0.3, 0.4) is 0 Å². The lowest BCUT2D eigenvalue weighted by molar-refractivity contribution is 0.0724. The summed E-state index contributed by atoms with van der Waals surface area (Å²) in [4.78, 5) is 29.5. The molecule has 0 spiro atoms. The highest BCUT2D eigenvalue weighted by Crippen LogP contribution is 2.22. The minimum atomic E-state index is -0.390. The van der Waals surface area contributed by atoms with Crippen LogP contribution in [0.5, 0.6) is 0 Å². The van der Waals surface area contributed by atoms with Crippen LogP contribution in [0.15, 0.2) is 18.2 Å². The summed E-state index contributed by atoms with van der Waals surface area (Å²) in [6, 6.07) is 5.60. The molecule has 2 saturated heterocycles. The average Bonchev–Trinajstić information content (AvgIpc) is 2.64. The topological polar surface area (TPSA) is 43.9 Å². The van der Waals surface area contributed by atoms with E-state index in [9.17, 15) is 9.59 Å². The fourth-order valence-corrected chi connectivity index (χ4v) is 3.82. The number of hydrogen-bond acceptors (Lipinski definition) is 3. The summed E-state index contributed by atoms with van der Waals surface area (Å²) in [5, 5.41) is 0.233. The van der Waals surface area contributed by atoms with Gasteiger partial charge in [0.1, 0.15) is 0 Å². The monoisotopic (exact) mass is 383 g/mol. The molecule has 1 aromatic carbocycles. The molecule has 0 radical (unpaired) electrons. The van der Waals surface area contributed by atoms with Crippen LogP contribution in [0.25, 0.3) is 0 Å². The molecule has 2 amide bonds. The Bertz CT molecular complexity index is 639. The van der Waals surface area contributed by atoms with E-state index < -0.39 is 5.37 Å². The number of piperazine rings is 1. The van der Waals surface area contributed by atoms with Crippen molar-refractivity contribution in [2.24, 2.45) is 0 Å². The molecule has 2 aliphatic heterocycles. The molecule has 5 nitrogen and oxygen atoms in total. The lowest BCUT2D eigenvalue weighted by atomic mass is 10.1. The molecular formula is C18H23Cl2N3O2. The second kappa shape index (κ2) is 8.39. The van der Waals surface area contributed by atoms with Gasteiger partial charge in [-0.2, -0.15) is 0 Å². The van der Waals surface area contributed by atoms with Crippen LogP contribution >= 0.6 is 23.2 Å². The Morgan fingerprint density at radius 3 is 2.20 bits per heavy atom. The van der Waals surface area contributed by atoms with Crippen molar-refractivity contribution in [2.45, 2.75) is 25.8 Å². The van der Waals surface area contributed by atoms with Crippen molar-refractivity contribution >= 4 is 34.5 Å². The molecule has 136 valence electrons. The minimum Gasteiger partial charge on any atom is -0.339 e. The second-order valence-corrected chi connectivity index (χ2v) is 7.41. The summed E-state index contributed by atoms with van der Waals surface area (Å²) < 4.78 is 0. The number of benzene rings is 1. The SMILES string of the molecule is O=C(Cl)N1CCN(Cc2ccc(C(=O)N3CCCCC3)cc2Cl)CC1. The van der Waals surface area contributed by atoms with Crippen molar-refractivity contribution in [3.63, 3.8) is 0 Å². The van der Waals surface area contributed by atoms with Crippen LogP contribution in [0, 0.1) is 0 Å². The molecule has 7 heteroatoms. The Kier molecular flexibility index (Phi) is 6.20. The summed E-state index contributed by atoms with van der Waals surface area (Å²) >= 11 is 11.9. The lowest BCUT2D eigenvalue weighted by Gasteiger charge is -2.33. The number of rotatable bonds is 3. The molecule has 2 heterocycles. The standard InChI is InChI=1S/C18H23Cl2N3O2/c19-16-12-14(17(24)22-6-2-1-3-7-22)4-5-15(16)13-21-8-10-23(11-9-21)18(20)25/h4-5,12H,1-3,6-11,13H2. The first-order valence-corrected chi connectivity index (χ1v) is 9.54. The zero-order valence-electron chi connectivity index (χ0n) is 14.2. The highest BCUT2D eigenvalue weighted by molar-refractivity contribution is 6.62. The van der Waals surface area contributed by atoms with E-state index in [1.54, 1.807) is 11.0 Å². The molecule has 2 fully saturated rings. The number of likely N-dealkylation sites (tertiary alicyclic amines) is 1. The molecular weight excluding hydrogens is 361 g/mol. The number of piperidine rings is 1. The van der Waals surface area contributed by atoms with Gasteiger partial charge in [0.15, 0.2) is 0 Å². The van der Waals surface area contributed by atoms with E-state index >= 15 is 0 Å². The Morgan fingerprint density at radius 1 is 0.920 bits per heavy atom. The van der Waals surface area contributed by atoms with Gasteiger partial charge in [0.2, 0.25) is 0 Å². The van der Waals surface area contributed by atoms with Crippen LogP contribution in [0.4, 0.5) is 4.79 Å². The molecule has 0 saturated carbocycles. The molecule has 0 aliphatic carbocycles. The van der Waals surface area contributed by atoms with Crippen molar-refractivity contribution in [1.29, 1.82) is 0 Å². The van der Waals surface area contributed by atoms with E-state index in [4.69, 9.17) is 23.2 Å². The first-order valence-electron chi connectivity index (χ1n) is 8.79. The predicted molar refractivity (Wildman–Crippen MR) is 99.3 cm³/mol. The maximum absolute atomic E-state index is 12.6. The molecule has 3 rings (SSSR count). The van der Waals surface area contributed by atoms with Gasteiger partial charge >= 0.3 is 5.37 Å². The van der Waals surface area contributed by atoms with Crippen LogP contribution < -0.4 is 0 Å². The fourth-order valence-electron chi connectivity index (χ4n) is 3.41.